The van der Waals surface area contributed by atoms with E-state index in [1.54, 1.807) is 13.3 Å². The highest BCUT2D eigenvalue weighted by Crippen LogP contribution is 2.27. The zero-order chi connectivity index (χ0) is 12.4. The minimum atomic E-state index is 0.595. The van der Waals surface area contributed by atoms with Crippen molar-refractivity contribution >= 4 is 5.95 Å². The lowest BCUT2D eigenvalue weighted by Crippen LogP contribution is -2.38. The van der Waals surface area contributed by atoms with Gasteiger partial charge in [0.25, 0.3) is 0 Å². The summed E-state index contributed by atoms with van der Waals surface area (Å²) in [7, 11) is 1.61. The topological polar surface area (TPSA) is 51.1 Å². The summed E-state index contributed by atoms with van der Waals surface area (Å²) in [5, 5.41) is 0. The Morgan fingerprint density at radius 2 is 1.94 bits per heavy atom. The lowest BCUT2D eigenvalue weighted by molar-refractivity contribution is 0.399. The van der Waals surface area contributed by atoms with E-state index in [4.69, 9.17) is 4.74 Å². The Labute approximate surface area is 105 Å². The quantitative estimate of drug-likeness (QED) is 0.820. The molecule has 1 aliphatic rings. The number of nitrogens with zero attached hydrogens (tertiary/aromatic N) is 4. The summed E-state index contributed by atoms with van der Waals surface area (Å²) in [5.41, 5.74) is 1.83. The zero-order valence-electron chi connectivity index (χ0n) is 10.2. The first-order valence-electron chi connectivity index (χ1n) is 5.95. The summed E-state index contributed by atoms with van der Waals surface area (Å²) in [6.45, 7) is 2.10. The maximum atomic E-state index is 5.23. The van der Waals surface area contributed by atoms with E-state index in [0.717, 1.165) is 30.2 Å². The first kappa shape index (κ1) is 11.0. The van der Waals surface area contributed by atoms with Gasteiger partial charge in [0, 0.05) is 42.8 Å². The molecule has 0 aliphatic carbocycles. The second-order valence-electron chi connectivity index (χ2n) is 4.17. The van der Waals surface area contributed by atoms with Crippen molar-refractivity contribution in [2.45, 2.75) is 6.42 Å². The van der Waals surface area contributed by atoms with Gasteiger partial charge in [-0.25, -0.2) is 15.0 Å². The van der Waals surface area contributed by atoms with E-state index < -0.39 is 0 Å². The largest absolute Gasteiger partial charge is 0.481 e. The van der Waals surface area contributed by atoms with Gasteiger partial charge in [0.2, 0.25) is 11.8 Å². The summed E-state index contributed by atoms with van der Waals surface area (Å²) in [5.74, 6) is 1.39. The summed E-state index contributed by atoms with van der Waals surface area (Å²) in [6, 6.07) is 3.83. The molecular formula is C13H14N4O. The van der Waals surface area contributed by atoms with E-state index in [1.807, 2.05) is 24.5 Å². The number of hydrogen-bond acceptors (Lipinski definition) is 5. The summed E-state index contributed by atoms with van der Waals surface area (Å²) >= 11 is 0. The van der Waals surface area contributed by atoms with Crippen molar-refractivity contribution in [3.8, 4) is 17.0 Å². The first-order chi connectivity index (χ1) is 8.88. The predicted octanol–water partition coefficient (Wildman–Crippen LogP) is 1.76. The Bertz CT molecular complexity index is 537. The minimum absolute atomic E-state index is 0.595. The average molecular weight is 242 g/mol. The van der Waals surface area contributed by atoms with Crippen LogP contribution in [0.3, 0.4) is 0 Å². The summed E-state index contributed by atoms with van der Waals surface area (Å²) < 4.78 is 5.23. The van der Waals surface area contributed by atoms with Crippen LogP contribution in [0.25, 0.3) is 11.1 Å². The fraction of sp³-hybridized carbons (Fsp3) is 0.308. The maximum Gasteiger partial charge on any atom is 0.225 e. The molecule has 0 radical (unpaired) electrons. The van der Waals surface area contributed by atoms with E-state index >= 15 is 0 Å². The van der Waals surface area contributed by atoms with Crippen LogP contribution in [-0.4, -0.2) is 35.2 Å². The van der Waals surface area contributed by atoms with Gasteiger partial charge in [-0.05, 0) is 18.6 Å². The molecule has 0 spiro atoms. The van der Waals surface area contributed by atoms with Gasteiger partial charge in [-0.15, -0.1) is 0 Å². The SMILES string of the molecule is COc1ncccc1-c1cnc(N2CCC2)nc1. The molecule has 2 aromatic rings. The van der Waals surface area contributed by atoms with E-state index in [0.29, 0.717) is 5.88 Å². The normalized spacial score (nSPS) is 14.2. The van der Waals surface area contributed by atoms with Crippen molar-refractivity contribution in [3.05, 3.63) is 30.7 Å². The van der Waals surface area contributed by atoms with E-state index in [2.05, 4.69) is 19.9 Å². The van der Waals surface area contributed by atoms with Crippen LogP contribution in [-0.2, 0) is 0 Å². The smallest absolute Gasteiger partial charge is 0.225 e. The maximum absolute atomic E-state index is 5.23. The van der Waals surface area contributed by atoms with Crippen molar-refractivity contribution in [2.24, 2.45) is 0 Å². The number of aromatic nitrogens is 3. The molecule has 0 atom stereocenters. The van der Waals surface area contributed by atoms with Crippen LogP contribution in [0.1, 0.15) is 6.42 Å². The van der Waals surface area contributed by atoms with Gasteiger partial charge < -0.3 is 9.64 Å². The van der Waals surface area contributed by atoms with Gasteiger partial charge >= 0.3 is 0 Å². The van der Waals surface area contributed by atoms with Crippen molar-refractivity contribution in [1.29, 1.82) is 0 Å². The monoisotopic (exact) mass is 242 g/mol. The molecule has 0 unspecified atom stereocenters. The van der Waals surface area contributed by atoms with Crippen molar-refractivity contribution in [3.63, 3.8) is 0 Å². The molecule has 0 aromatic carbocycles. The molecule has 3 heterocycles. The van der Waals surface area contributed by atoms with Crippen LogP contribution < -0.4 is 9.64 Å². The Balaban J connectivity index is 1.91. The van der Waals surface area contributed by atoms with Gasteiger partial charge in [0.05, 0.1) is 7.11 Å². The van der Waals surface area contributed by atoms with E-state index in [-0.39, 0.29) is 0 Å². The number of anilines is 1. The van der Waals surface area contributed by atoms with Crippen LogP contribution in [0, 0.1) is 0 Å². The van der Waals surface area contributed by atoms with Crippen molar-refractivity contribution < 1.29 is 4.74 Å². The van der Waals surface area contributed by atoms with Gasteiger partial charge in [0.1, 0.15) is 0 Å². The van der Waals surface area contributed by atoms with E-state index in [9.17, 15) is 0 Å². The fourth-order valence-corrected chi connectivity index (χ4v) is 1.91. The second kappa shape index (κ2) is 4.60. The van der Waals surface area contributed by atoms with Crippen LogP contribution >= 0.6 is 0 Å². The molecule has 1 aliphatic heterocycles. The Kier molecular flexibility index (Phi) is 2.80. The molecule has 5 heteroatoms. The lowest BCUT2D eigenvalue weighted by atomic mass is 10.1. The Morgan fingerprint density at radius 1 is 1.17 bits per heavy atom. The van der Waals surface area contributed by atoms with Crippen LogP contribution in [0.5, 0.6) is 5.88 Å². The molecule has 5 nitrogen and oxygen atoms in total. The number of hydrogen-bond donors (Lipinski definition) is 0. The number of ether oxygens (including phenoxy) is 1. The first-order valence-corrected chi connectivity index (χ1v) is 5.95. The number of pyridine rings is 1. The Morgan fingerprint density at radius 3 is 2.56 bits per heavy atom. The minimum Gasteiger partial charge on any atom is -0.481 e. The third-order valence-electron chi connectivity index (χ3n) is 3.05. The van der Waals surface area contributed by atoms with Gasteiger partial charge in [0.15, 0.2) is 0 Å². The number of methoxy groups -OCH3 is 1. The summed E-state index contributed by atoms with van der Waals surface area (Å²) in [6.07, 6.45) is 6.57. The number of rotatable bonds is 3. The zero-order valence-corrected chi connectivity index (χ0v) is 10.2. The molecule has 1 saturated heterocycles. The molecule has 2 aromatic heterocycles. The molecule has 18 heavy (non-hydrogen) atoms. The second-order valence-corrected chi connectivity index (χ2v) is 4.17. The predicted molar refractivity (Wildman–Crippen MR) is 68.6 cm³/mol. The molecule has 3 rings (SSSR count). The molecule has 0 N–H and O–H groups in total. The molecular weight excluding hydrogens is 228 g/mol. The molecule has 0 bridgehead atoms. The summed E-state index contributed by atoms with van der Waals surface area (Å²) in [4.78, 5) is 15.1. The van der Waals surface area contributed by atoms with E-state index in [1.165, 1.54) is 6.42 Å². The molecule has 0 saturated carbocycles. The van der Waals surface area contributed by atoms with Gasteiger partial charge in [-0.1, -0.05) is 0 Å². The average Bonchev–Trinajstić information content (AvgIpc) is 2.38. The fourth-order valence-electron chi connectivity index (χ4n) is 1.91. The highest BCUT2D eigenvalue weighted by molar-refractivity contribution is 5.67. The van der Waals surface area contributed by atoms with Crippen molar-refractivity contribution in [2.75, 3.05) is 25.1 Å². The van der Waals surface area contributed by atoms with Gasteiger partial charge in [-0.3, -0.25) is 0 Å². The highest BCUT2D eigenvalue weighted by atomic mass is 16.5. The van der Waals surface area contributed by atoms with Crippen LogP contribution in [0.15, 0.2) is 30.7 Å². The highest BCUT2D eigenvalue weighted by Gasteiger charge is 2.17. The van der Waals surface area contributed by atoms with Crippen molar-refractivity contribution in [1.82, 2.24) is 15.0 Å². The van der Waals surface area contributed by atoms with Gasteiger partial charge in [-0.2, -0.15) is 0 Å². The molecule has 92 valence electrons. The molecule has 1 fully saturated rings. The standard InChI is InChI=1S/C13H14N4O/c1-18-12-11(4-2-5-14-12)10-8-15-13(16-9-10)17-6-3-7-17/h2,4-5,8-9H,3,6-7H2,1H3. The lowest BCUT2D eigenvalue weighted by Gasteiger charge is -2.30. The van der Waals surface area contributed by atoms with Crippen LogP contribution in [0.2, 0.25) is 0 Å². The third kappa shape index (κ3) is 1.88. The molecule has 0 amide bonds. The van der Waals surface area contributed by atoms with Crippen LogP contribution in [0.4, 0.5) is 5.95 Å². The third-order valence-corrected chi connectivity index (χ3v) is 3.05. The Hall–Kier alpha value is -2.17.